The summed E-state index contributed by atoms with van der Waals surface area (Å²) in [4.78, 5) is 23.8. The number of fused-ring (bicyclic) bond motifs is 1. The van der Waals surface area contributed by atoms with Crippen molar-refractivity contribution in [1.29, 1.82) is 0 Å². The minimum absolute atomic E-state index is 0.350. The average molecular weight is 367 g/mol. The standard InChI is InChI=1S/C21H21NO5/c1-14-3-6-17(15(2)11-14)22-20(23)13-27-21(24)8-5-16-4-7-18-19(12-16)26-10-9-25-18/h3-8,11-12H,9-10,13H2,1-2H3,(H,22,23)/b8-5+. The van der Waals surface area contributed by atoms with E-state index in [0.29, 0.717) is 30.4 Å². The lowest BCUT2D eigenvalue weighted by molar-refractivity contribution is -0.142. The average Bonchev–Trinajstić information content (AvgIpc) is 2.67. The van der Waals surface area contributed by atoms with E-state index in [9.17, 15) is 9.59 Å². The predicted octanol–water partition coefficient (Wildman–Crippen LogP) is 3.27. The molecule has 1 aliphatic rings. The Morgan fingerprint density at radius 2 is 1.85 bits per heavy atom. The predicted molar refractivity (Wildman–Crippen MR) is 102 cm³/mol. The summed E-state index contributed by atoms with van der Waals surface area (Å²) in [5.74, 6) is 0.345. The van der Waals surface area contributed by atoms with Crippen molar-refractivity contribution in [2.45, 2.75) is 13.8 Å². The first-order chi connectivity index (χ1) is 13.0. The maximum Gasteiger partial charge on any atom is 0.331 e. The topological polar surface area (TPSA) is 73.9 Å². The third-order valence-electron chi connectivity index (χ3n) is 3.98. The minimum atomic E-state index is -0.597. The maximum atomic E-state index is 11.9. The monoisotopic (exact) mass is 367 g/mol. The molecule has 1 heterocycles. The zero-order valence-corrected chi connectivity index (χ0v) is 15.3. The molecule has 1 amide bonds. The van der Waals surface area contributed by atoms with Crippen LogP contribution in [0.15, 0.2) is 42.5 Å². The highest BCUT2D eigenvalue weighted by Crippen LogP contribution is 2.31. The Bertz CT molecular complexity index is 888. The maximum absolute atomic E-state index is 11.9. The molecule has 0 bridgehead atoms. The van der Waals surface area contributed by atoms with Crippen molar-refractivity contribution in [3.63, 3.8) is 0 Å². The highest BCUT2D eigenvalue weighted by molar-refractivity contribution is 5.95. The van der Waals surface area contributed by atoms with E-state index in [1.807, 2.05) is 38.1 Å². The molecule has 27 heavy (non-hydrogen) atoms. The molecule has 0 saturated carbocycles. The second kappa shape index (κ2) is 8.40. The summed E-state index contributed by atoms with van der Waals surface area (Å²) in [5.41, 5.74) is 3.54. The molecule has 3 rings (SSSR count). The van der Waals surface area contributed by atoms with Gasteiger partial charge in [0, 0.05) is 11.8 Å². The molecule has 0 aromatic heterocycles. The summed E-state index contributed by atoms with van der Waals surface area (Å²) in [6, 6.07) is 11.1. The molecule has 6 nitrogen and oxygen atoms in total. The molecule has 0 spiro atoms. The smallest absolute Gasteiger partial charge is 0.331 e. The minimum Gasteiger partial charge on any atom is -0.486 e. The number of amides is 1. The molecule has 2 aromatic rings. The largest absolute Gasteiger partial charge is 0.486 e. The number of hydrogen-bond acceptors (Lipinski definition) is 5. The van der Waals surface area contributed by atoms with Crippen LogP contribution in [-0.4, -0.2) is 31.7 Å². The summed E-state index contributed by atoms with van der Waals surface area (Å²) in [7, 11) is 0. The second-order valence-corrected chi connectivity index (χ2v) is 6.21. The van der Waals surface area contributed by atoms with Crippen molar-refractivity contribution < 1.29 is 23.8 Å². The van der Waals surface area contributed by atoms with Gasteiger partial charge >= 0.3 is 5.97 Å². The number of anilines is 1. The van der Waals surface area contributed by atoms with Crippen LogP contribution in [-0.2, 0) is 14.3 Å². The molecule has 0 fully saturated rings. The van der Waals surface area contributed by atoms with E-state index in [-0.39, 0.29) is 12.5 Å². The van der Waals surface area contributed by atoms with Gasteiger partial charge in [0.05, 0.1) is 0 Å². The van der Waals surface area contributed by atoms with Crippen LogP contribution in [0.3, 0.4) is 0 Å². The van der Waals surface area contributed by atoms with Crippen LogP contribution < -0.4 is 14.8 Å². The lowest BCUT2D eigenvalue weighted by atomic mass is 10.1. The Morgan fingerprint density at radius 3 is 2.63 bits per heavy atom. The summed E-state index contributed by atoms with van der Waals surface area (Å²) in [5, 5.41) is 2.73. The van der Waals surface area contributed by atoms with Crippen LogP contribution in [0, 0.1) is 13.8 Å². The van der Waals surface area contributed by atoms with Gasteiger partial charge in [0.15, 0.2) is 18.1 Å². The number of benzene rings is 2. The lowest BCUT2D eigenvalue weighted by Crippen LogP contribution is -2.20. The zero-order chi connectivity index (χ0) is 19.2. The second-order valence-electron chi connectivity index (χ2n) is 6.21. The van der Waals surface area contributed by atoms with Crippen molar-refractivity contribution in [3.8, 4) is 11.5 Å². The Labute approximate surface area is 157 Å². The number of hydrogen-bond donors (Lipinski definition) is 1. The van der Waals surface area contributed by atoms with Gasteiger partial charge in [-0.2, -0.15) is 0 Å². The first-order valence-electron chi connectivity index (χ1n) is 8.63. The number of carbonyl (C=O) groups excluding carboxylic acids is 2. The normalized spacial score (nSPS) is 12.7. The van der Waals surface area contributed by atoms with E-state index < -0.39 is 5.97 Å². The summed E-state index contributed by atoms with van der Waals surface area (Å²) in [6.45, 7) is 4.56. The van der Waals surface area contributed by atoms with E-state index >= 15 is 0 Å². The molecule has 140 valence electrons. The molecule has 0 aliphatic carbocycles. The van der Waals surface area contributed by atoms with Gasteiger partial charge in [-0.05, 0) is 49.2 Å². The summed E-state index contributed by atoms with van der Waals surface area (Å²) in [6.07, 6.45) is 2.87. The van der Waals surface area contributed by atoms with E-state index in [1.54, 1.807) is 18.2 Å². The highest BCUT2D eigenvalue weighted by Gasteiger charge is 2.11. The fourth-order valence-corrected chi connectivity index (χ4v) is 2.65. The summed E-state index contributed by atoms with van der Waals surface area (Å²) < 4.78 is 15.9. The van der Waals surface area contributed by atoms with Crippen LogP contribution in [0.2, 0.25) is 0 Å². The van der Waals surface area contributed by atoms with Crippen LogP contribution in [0.1, 0.15) is 16.7 Å². The van der Waals surface area contributed by atoms with Gasteiger partial charge in [-0.15, -0.1) is 0 Å². The molecular formula is C21H21NO5. The Kier molecular flexibility index (Phi) is 5.76. The molecular weight excluding hydrogens is 346 g/mol. The SMILES string of the molecule is Cc1ccc(NC(=O)COC(=O)/C=C/c2ccc3c(c2)OCCO3)c(C)c1. The van der Waals surface area contributed by atoms with Crippen molar-refractivity contribution in [2.75, 3.05) is 25.1 Å². The van der Waals surface area contributed by atoms with Crippen LogP contribution in [0.25, 0.3) is 6.08 Å². The Morgan fingerprint density at radius 1 is 1.07 bits per heavy atom. The van der Waals surface area contributed by atoms with Gasteiger partial charge in [0.2, 0.25) is 0 Å². The first kappa shape index (κ1) is 18.5. The van der Waals surface area contributed by atoms with Crippen molar-refractivity contribution in [1.82, 2.24) is 0 Å². The first-order valence-corrected chi connectivity index (χ1v) is 8.63. The fourth-order valence-electron chi connectivity index (χ4n) is 2.65. The molecule has 1 aliphatic heterocycles. The van der Waals surface area contributed by atoms with Crippen LogP contribution >= 0.6 is 0 Å². The summed E-state index contributed by atoms with van der Waals surface area (Å²) >= 11 is 0. The molecule has 1 N–H and O–H groups in total. The number of ether oxygens (including phenoxy) is 3. The van der Waals surface area contributed by atoms with Crippen molar-refractivity contribution in [3.05, 3.63) is 59.2 Å². The van der Waals surface area contributed by atoms with Gasteiger partial charge < -0.3 is 19.5 Å². The van der Waals surface area contributed by atoms with Crippen LogP contribution in [0.4, 0.5) is 5.69 Å². The number of rotatable bonds is 5. The molecule has 0 saturated heterocycles. The lowest BCUT2D eigenvalue weighted by Gasteiger charge is -2.18. The number of esters is 1. The van der Waals surface area contributed by atoms with Gasteiger partial charge in [-0.3, -0.25) is 4.79 Å². The van der Waals surface area contributed by atoms with Crippen LogP contribution in [0.5, 0.6) is 11.5 Å². The Balaban J connectivity index is 1.50. The highest BCUT2D eigenvalue weighted by atomic mass is 16.6. The molecule has 0 atom stereocenters. The fraction of sp³-hybridized carbons (Fsp3) is 0.238. The van der Waals surface area contributed by atoms with Gasteiger partial charge in [-0.25, -0.2) is 4.79 Å². The molecule has 0 radical (unpaired) electrons. The van der Waals surface area contributed by atoms with Crippen molar-refractivity contribution in [2.24, 2.45) is 0 Å². The van der Waals surface area contributed by atoms with Gasteiger partial charge in [-0.1, -0.05) is 23.8 Å². The van der Waals surface area contributed by atoms with E-state index in [2.05, 4.69) is 5.32 Å². The molecule has 2 aromatic carbocycles. The molecule has 6 heteroatoms. The molecule has 0 unspecified atom stereocenters. The third-order valence-corrected chi connectivity index (χ3v) is 3.98. The van der Waals surface area contributed by atoms with E-state index in [4.69, 9.17) is 14.2 Å². The van der Waals surface area contributed by atoms with Gasteiger partial charge in [0.1, 0.15) is 13.2 Å². The van der Waals surface area contributed by atoms with Gasteiger partial charge in [0.25, 0.3) is 5.91 Å². The van der Waals surface area contributed by atoms with Crippen molar-refractivity contribution >= 4 is 23.6 Å². The quantitative estimate of drug-likeness (QED) is 0.649. The van der Waals surface area contributed by atoms with E-state index in [0.717, 1.165) is 16.7 Å². The zero-order valence-electron chi connectivity index (χ0n) is 15.3. The number of nitrogens with one attached hydrogen (secondary N) is 1. The third kappa shape index (κ3) is 5.10. The Hall–Kier alpha value is -3.28. The number of carbonyl (C=O) groups is 2. The number of aryl methyl sites for hydroxylation is 2. The van der Waals surface area contributed by atoms with E-state index in [1.165, 1.54) is 6.08 Å².